The van der Waals surface area contributed by atoms with E-state index in [-0.39, 0.29) is 11.9 Å². The fourth-order valence-electron chi connectivity index (χ4n) is 3.44. The molecule has 0 bridgehead atoms. The third-order valence-electron chi connectivity index (χ3n) is 4.84. The second-order valence-electron chi connectivity index (χ2n) is 6.75. The molecule has 25 heavy (non-hydrogen) atoms. The van der Waals surface area contributed by atoms with E-state index in [2.05, 4.69) is 4.98 Å². The average Bonchev–Trinajstić information content (AvgIpc) is 3.11. The van der Waals surface area contributed by atoms with Gasteiger partial charge in [-0.05, 0) is 24.5 Å². The summed E-state index contributed by atoms with van der Waals surface area (Å²) in [6.07, 6.45) is 9.58. The highest BCUT2D eigenvalue weighted by atomic mass is 16.2. The number of carbonyl (C=O) groups is 1. The fraction of sp³-hybridized carbons (Fsp3) is 0.421. The lowest BCUT2D eigenvalue weighted by molar-refractivity contribution is 0.175. The van der Waals surface area contributed by atoms with Crippen molar-refractivity contribution in [1.82, 2.24) is 14.5 Å². The Morgan fingerprint density at radius 1 is 1.36 bits per heavy atom. The number of aromatic nitrogens is 2. The fourth-order valence-corrected chi connectivity index (χ4v) is 3.44. The molecule has 1 aromatic heterocycles. The SMILES string of the molecule is CN(C(=O)n1cnc(-c2cccc(CC(=N)N)c2)c1)C1CCCCC1. The minimum Gasteiger partial charge on any atom is -0.387 e. The number of amidine groups is 1. The van der Waals surface area contributed by atoms with E-state index >= 15 is 0 Å². The molecule has 2 aromatic rings. The van der Waals surface area contributed by atoms with E-state index in [1.807, 2.05) is 36.2 Å². The van der Waals surface area contributed by atoms with Crippen molar-refractivity contribution in [2.75, 3.05) is 7.05 Å². The van der Waals surface area contributed by atoms with E-state index in [0.717, 1.165) is 29.7 Å². The monoisotopic (exact) mass is 339 g/mol. The van der Waals surface area contributed by atoms with Crippen LogP contribution >= 0.6 is 0 Å². The van der Waals surface area contributed by atoms with Gasteiger partial charge in [-0.2, -0.15) is 0 Å². The number of nitrogens with zero attached hydrogens (tertiary/aromatic N) is 3. The van der Waals surface area contributed by atoms with Crippen LogP contribution in [-0.2, 0) is 6.42 Å². The van der Waals surface area contributed by atoms with Gasteiger partial charge in [0.25, 0.3) is 0 Å². The van der Waals surface area contributed by atoms with Gasteiger partial charge in [0.2, 0.25) is 0 Å². The Morgan fingerprint density at radius 2 is 2.12 bits per heavy atom. The molecule has 1 fully saturated rings. The van der Waals surface area contributed by atoms with E-state index < -0.39 is 0 Å². The van der Waals surface area contributed by atoms with Crippen LogP contribution in [0.15, 0.2) is 36.8 Å². The zero-order valence-corrected chi connectivity index (χ0v) is 14.6. The first-order valence-electron chi connectivity index (χ1n) is 8.78. The standard InChI is InChI=1S/C19H25N5O/c1-23(16-8-3-2-4-9-16)19(25)24-12-17(22-13-24)15-7-5-6-14(10-15)11-18(20)21/h5-7,10,12-13,16H,2-4,8-9,11H2,1H3,(H3,20,21). The molecule has 1 aromatic carbocycles. The van der Waals surface area contributed by atoms with Crippen molar-refractivity contribution in [3.05, 3.63) is 42.4 Å². The van der Waals surface area contributed by atoms with Crippen LogP contribution in [0.25, 0.3) is 11.3 Å². The van der Waals surface area contributed by atoms with Crippen LogP contribution in [0.1, 0.15) is 37.7 Å². The van der Waals surface area contributed by atoms with E-state index in [9.17, 15) is 4.79 Å². The van der Waals surface area contributed by atoms with Gasteiger partial charge in [-0.3, -0.25) is 9.98 Å². The van der Waals surface area contributed by atoms with Crippen molar-refractivity contribution in [2.24, 2.45) is 5.73 Å². The van der Waals surface area contributed by atoms with Gasteiger partial charge >= 0.3 is 6.03 Å². The number of nitrogens with one attached hydrogen (secondary N) is 1. The van der Waals surface area contributed by atoms with E-state index in [1.54, 1.807) is 17.1 Å². The molecule has 0 saturated heterocycles. The zero-order chi connectivity index (χ0) is 17.8. The van der Waals surface area contributed by atoms with E-state index in [0.29, 0.717) is 12.5 Å². The second-order valence-corrected chi connectivity index (χ2v) is 6.75. The van der Waals surface area contributed by atoms with Gasteiger partial charge in [0, 0.05) is 31.3 Å². The number of hydrogen-bond acceptors (Lipinski definition) is 3. The quantitative estimate of drug-likeness (QED) is 0.662. The molecular weight excluding hydrogens is 314 g/mol. The van der Waals surface area contributed by atoms with Crippen LogP contribution in [0, 0.1) is 5.41 Å². The lowest BCUT2D eigenvalue weighted by Crippen LogP contribution is -2.40. The lowest BCUT2D eigenvalue weighted by Gasteiger charge is -2.31. The molecule has 0 spiro atoms. The number of amides is 1. The highest BCUT2D eigenvalue weighted by molar-refractivity contribution is 5.80. The summed E-state index contributed by atoms with van der Waals surface area (Å²) < 4.78 is 1.56. The molecule has 1 aliphatic rings. The number of carbonyl (C=O) groups excluding carboxylic acids is 1. The first-order valence-corrected chi connectivity index (χ1v) is 8.78. The number of imidazole rings is 1. The summed E-state index contributed by atoms with van der Waals surface area (Å²) in [6.45, 7) is 0. The highest BCUT2D eigenvalue weighted by Crippen LogP contribution is 2.23. The Hall–Kier alpha value is -2.63. The molecule has 0 radical (unpaired) electrons. The van der Waals surface area contributed by atoms with Crippen molar-refractivity contribution in [1.29, 1.82) is 5.41 Å². The molecule has 3 rings (SSSR count). The average molecular weight is 339 g/mol. The number of hydrogen-bond donors (Lipinski definition) is 2. The molecule has 1 heterocycles. The smallest absolute Gasteiger partial charge is 0.329 e. The summed E-state index contributed by atoms with van der Waals surface area (Å²) in [5.74, 6) is 0.131. The van der Waals surface area contributed by atoms with Gasteiger partial charge in [-0.15, -0.1) is 0 Å². The normalized spacial score (nSPS) is 15.1. The molecule has 0 aliphatic heterocycles. The number of benzene rings is 1. The van der Waals surface area contributed by atoms with Crippen molar-refractivity contribution in [3.63, 3.8) is 0 Å². The summed E-state index contributed by atoms with van der Waals surface area (Å²) in [5.41, 5.74) is 8.11. The molecule has 3 N–H and O–H groups in total. The molecule has 6 nitrogen and oxygen atoms in total. The van der Waals surface area contributed by atoms with Crippen LogP contribution in [0.5, 0.6) is 0 Å². The van der Waals surface area contributed by atoms with E-state index in [4.69, 9.17) is 11.1 Å². The molecule has 1 aliphatic carbocycles. The Bertz CT molecular complexity index is 761. The summed E-state index contributed by atoms with van der Waals surface area (Å²) in [7, 11) is 1.88. The first kappa shape index (κ1) is 17.2. The predicted molar refractivity (Wildman–Crippen MR) is 98.7 cm³/mol. The van der Waals surface area contributed by atoms with Gasteiger partial charge in [0.05, 0.1) is 11.5 Å². The molecule has 1 amide bonds. The van der Waals surface area contributed by atoms with Crippen LogP contribution in [0.4, 0.5) is 4.79 Å². The van der Waals surface area contributed by atoms with Crippen molar-refractivity contribution >= 4 is 11.9 Å². The molecule has 132 valence electrons. The Balaban J connectivity index is 1.75. The Morgan fingerprint density at radius 3 is 2.84 bits per heavy atom. The second kappa shape index (κ2) is 7.51. The Labute approximate surface area is 148 Å². The summed E-state index contributed by atoms with van der Waals surface area (Å²) in [6, 6.07) is 8.05. The first-order chi connectivity index (χ1) is 12.0. The molecule has 0 unspecified atom stereocenters. The van der Waals surface area contributed by atoms with Crippen molar-refractivity contribution in [2.45, 2.75) is 44.6 Å². The highest BCUT2D eigenvalue weighted by Gasteiger charge is 2.23. The molecule has 6 heteroatoms. The van der Waals surface area contributed by atoms with Gasteiger partial charge in [0.1, 0.15) is 6.33 Å². The molecular formula is C19H25N5O. The Kier molecular flexibility index (Phi) is 5.16. The van der Waals surface area contributed by atoms with Gasteiger partial charge in [0.15, 0.2) is 0 Å². The molecule has 1 saturated carbocycles. The lowest BCUT2D eigenvalue weighted by atomic mass is 9.95. The number of nitrogens with two attached hydrogens (primary N) is 1. The minimum absolute atomic E-state index is 0.0365. The third-order valence-corrected chi connectivity index (χ3v) is 4.84. The van der Waals surface area contributed by atoms with Crippen LogP contribution in [0.2, 0.25) is 0 Å². The summed E-state index contributed by atoms with van der Waals surface area (Å²) in [5, 5.41) is 7.42. The molecule has 0 atom stereocenters. The minimum atomic E-state index is -0.0365. The largest absolute Gasteiger partial charge is 0.387 e. The van der Waals surface area contributed by atoms with Gasteiger partial charge in [-0.25, -0.2) is 9.78 Å². The maximum absolute atomic E-state index is 12.7. The van der Waals surface area contributed by atoms with Crippen molar-refractivity contribution < 1.29 is 4.79 Å². The summed E-state index contributed by atoms with van der Waals surface area (Å²) in [4.78, 5) is 18.9. The predicted octanol–water partition coefficient (Wildman–Crippen LogP) is 3.26. The third kappa shape index (κ3) is 4.07. The van der Waals surface area contributed by atoms with Crippen LogP contribution in [-0.4, -0.2) is 39.4 Å². The maximum atomic E-state index is 12.7. The maximum Gasteiger partial charge on any atom is 0.329 e. The van der Waals surface area contributed by atoms with Gasteiger partial charge in [-0.1, -0.05) is 37.5 Å². The van der Waals surface area contributed by atoms with Gasteiger partial charge < -0.3 is 10.6 Å². The van der Waals surface area contributed by atoms with Crippen molar-refractivity contribution in [3.8, 4) is 11.3 Å². The zero-order valence-electron chi connectivity index (χ0n) is 14.6. The number of rotatable bonds is 4. The van der Waals surface area contributed by atoms with Crippen LogP contribution in [0.3, 0.4) is 0 Å². The van der Waals surface area contributed by atoms with Crippen LogP contribution < -0.4 is 5.73 Å². The summed E-state index contributed by atoms with van der Waals surface area (Å²) >= 11 is 0. The van der Waals surface area contributed by atoms with E-state index in [1.165, 1.54) is 19.3 Å². The topological polar surface area (TPSA) is 88.0 Å².